The van der Waals surface area contributed by atoms with E-state index < -0.39 is 0 Å². The van der Waals surface area contributed by atoms with E-state index in [2.05, 4.69) is 9.21 Å². The van der Waals surface area contributed by atoms with Crippen LogP contribution in [0.1, 0.15) is 10.5 Å². The lowest BCUT2D eigenvalue weighted by molar-refractivity contribution is -0.0759. The van der Waals surface area contributed by atoms with Crippen LogP contribution >= 0.6 is 11.5 Å². The average Bonchev–Trinajstić information content (AvgIpc) is 2.53. The third kappa shape index (κ3) is 1.75. The Bertz CT molecular complexity index is 235. The molecule has 1 rings (SSSR count). The molecule has 0 bridgehead atoms. The zero-order chi connectivity index (χ0) is 8.27. The molecule has 0 saturated carbocycles. The minimum absolute atomic E-state index is 0.228. The van der Waals surface area contributed by atoms with Crippen LogP contribution in [0.4, 0.5) is 0 Å². The van der Waals surface area contributed by atoms with E-state index in [4.69, 9.17) is 0 Å². The van der Waals surface area contributed by atoms with Crippen LogP contribution in [-0.4, -0.2) is 29.5 Å². The van der Waals surface area contributed by atoms with E-state index in [0.717, 1.165) is 5.06 Å². The van der Waals surface area contributed by atoms with Crippen LogP contribution in [0.2, 0.25) is 0 Å². The highest BCUT2D eigenvalue weighted by Gasteiger charge is 2.12. The molecule has 4 nitrogen and oxygen atoms in total. The largest absolute Gasteiger partial charge is 0.296 e. The smallest absolute Gasteiger partial charge is 0.274 e. The van der Waals surface area contributed by atoms with Crippen molar-refractivity contribution in [2.24, 2.45) is 0 Å². The number of nitrogens with zero attached hydrogens (tertiary/aromatic N) is 2. The fourth-order valence-electron chi connectivity index (χ4n) is 0.567. The third-order valence-electron chi connectivity index (χ3n) is 1.22. The van der Waals surface area contributed by atoms with Gasteiger partial charge in [0.25, 0.3) is 5.91 Å². The molecule has 0 aliphatic carbocycles. The molecule has 1 heterocycles. The van der Waals surface area contributed by atoms with Crippen LogP contribution in [0.25, 0.3) is 0 Å². The van der Waals surface area contributed by atoms with Crippen molar-refractivity contribution in [3.05, 3.63) is 17.1 Å². The van der Waals surface area contributed by atoms with E-state index in [1.807, 2.05) is 0 Å². The number of aromatic nitrogens is 1. The summed E-state index contributed by atoms with van der Waals surface area (Å²) in [6.07, 6.45) is 0. The Kier molecular flexibility index (Phi) is 2.56. The van der Waals surface area contributed by atoms with Crippen molar-refractivity contribution < 1.29 is 9.63 Å². The van der Waals surface area contributed by atoms with Crippen molar-refractivity contribution >= 4 is 17.4 Å². The summed E-state index contributed by atoms with van der Waals surface area (Å²) in [6.45, 7) is 0. The molecule has 1 amide bonds. The highest BCUT2D eigenvalue weighted by molar-refractivity contribution is 7.03. The van der Waals surface area contributed by atoms with Gasteiger partial charge < -0.3 is 0 Å². The van der Waals surface area contributed by atoms with Crippen LogP contribution in [0.3, 0.4) is 0 Å². The lowest BCUT2D eigenvalue weighted by atomic mass is 10.4. The number of carbonyl (C=O) groups excluding carboxylic acids is 1. The molecule has 0 N–H and O–H groups in total. The summed E-state index contributed by atoms with van der Waals surface area (Å²) < 4.78 is 3.86. The van der Waals surface area contributed by atoms with Crippen LogP contribution in [0, 0.1) is 0 Å². The Hall–Kier alpha value is -0.940. The van der Waals surface area contributed by atoms with Gasteiger partial charge in [-0.2, -0.15) is 4.37 Å². The molecule has 0 unspecified atom stereocenters. The minimum atomic E-state index is -0.228. The third-order valence-corrected chi connectivity index (χ3v) is 1.78. The van der Waals surface area contributed by atoms with Crippen LogP contribution in [-0.2, 0) is 4.84 Å². The Morgan fingerprint density at radius 3 is 3.00 bits per heavy atom. The van der Waals surface area contributed by atoms with Crippen molar-refractivity contribution in [3.63, 3.8) is 0 Å². The summed E-state index contributed by atoms with van der Waals surface area (Å²) >= 11 is 1.24. The second-order valence-electron chi connectivity index (χ2n) is 1.87. The number of rotatable bonds is 2. The van der Waals surface area contributed by atoms with Gasteiger partial charge in [0.05, 0.1) is 7.11 Å². The molecule has 0 aromatic carbocycles. The first-order valence-electron chi connectivity index (χ1n) is 2.98. The first kappa shape index (κ1) is 8.16. The summed E-state index contributed by atoms with van der Waals surface area (Å²) in [5.41, 5.74) is 0.416. The van der Waals surface area contributed by atoms with E-state index in [9.17, 15) is 4.79 Å². The fourth-order valence-corrected chi connectivity index (χ4v) is 1.07. The SMILES string of the molecule is CON(C)C(=O)c1ccsn1. The zero-order valence-electron chi connectivity index (χ0n) is 6.27. The zero-order valence-corrected chi connectivity index (χ0v) is 7.09. The van der Waals surface area contributed by atoms with Gasteiger partial charge in [-0.3, -0.25) is 9.63 Å². The quantitative estimate of drug-likeness (QED) is 0.619. The van der Waals surface area contributed by atoms with Gasteiger partial charge in [0, 0.05) is 12.4 Å². The number of hydrogen-bond donors (Lipinski definition) is 0. The van der Waals surface area contributed by atoms with E-state index in [1.165, 1.54) is 18.6 Å². The molecular formula is C6H8N2O2S. The first-order chi connectivity index (χ1) is 5.25. The summed E-state index contributed by atoms with van der Waals surface area (Å²) in [5.74, 6) is -0.228. The van der Waals surface area contributed by atoms with Crippen molar-refractivity contribution in [2.45, 2.75) is 0 Å². The molecule has 0 atom stereocenters. The van der Waals surface area contributed by atoms with Gasteiger partial charge in [-0.15, -0.1) is 0 Å². The monoisotopic (exact) mass is 172 g/mol. The predicted molar refractivity (Wildman–Crippen MR) is 41.2 cm³/mol. The summed E-state index contributed by atoms with van der Waals surface area (Å²) in [7, 11) is 2.98. The molecule has 0 aliphatic rings. The predicted octanol–water partition coefficient (Wildman–Crippen LogP) is 0.776. The van der Waals surface area contributed by atoms with Crippen LogP contribution in [0.5, 0.6) is 0 Å². The number of carbonyl (C=O) groups is 1. The number of amides is 1. The van der Waals surface area contributed by atoms with Crippen molar-refractivity contribution in [1.82, 2.24) is 9.44 Å². The number of hydrogen-bond acceptors (Lipinski definition) is 4. The van der Waals surface area contributed by atoms with Gasteiger partial charge >= 0.3 is 0 Å². The number of hydroxylamine groups is 2. The second kappa shape index (κ2) is 3.45. The Labute approximate surface area is 68.5 Å². The standard InChI is InChI=1S/C6H8N2O2S/c1-8(10-2)6(9)5-3-4-11-7-5/h3-4H,1-2H3. The van der Waals surface area contributed by atoms with E-state index in [1.54, 1.807) is 18.5 Å². The molecule has 0 radical (unpaired) electrons. The molecule has 60 valence electrons. The minimum Gasteiger partial charge on any atom is -0.274 e. The molecule has 0 aliphatic heterocycles. The Morgan fingerprint density at radius 1 is 1.82 bits per heavy atom. The molecule has 11 heavy (non-hydrogen) atoms. The Balaban J connectivity index is 2.70. The lowest BCUT2D eigenvalue weighted by Crippen LogP contribution is -2.25. The van der Waals surface area contributed by atoms with Gasteiger partial charge in [-0.1, -0.05) is 0 Å². The summed E-state index contributed by atoms with van der Waals surface area (Å²) in [4.78, 5) is 15.9. The maximum atomic E-state index is 11.2. The molecule has 1 aromatic heterocycles. The topological polar surface area (TPSA) is 42.4 Å². The highest BCUT2D eigenvalue weighted by Crippen LogP contribution is 2.02. The van der Waals surface area contributed by atoms with Crippen molar-refractivity contribution in [1.29, 1.82) is 0 Å². The average molecular weight is 172 g/mol. The first-order valence-corrected chi connectivity index (χ1v) is 3.82. The van der Waals surface area contributed by atoms with E-state index in [-0.39, 0.29) is 5.91 Å². The molecule has 0 spiro atoms. The summed E-state index contributed by atoms with van der Waals surface area (Å²) in [6, 6.07) is 1.66. The molecular weight excluding hydrogens is 164 g/mol. The fraction of sp³-hybridized carbons (Fsp3) is 0.333. The molecule has 5 heteroatoms. The van der Waals surface area contributed by atoms with E-state index in [0.29, 0.717) is 5.69 Å². The second-order valence-corrected chi connectivity index (χ2v) is 2.54. The van der Waals surface area contributed by atoms with Crippen LogP contribution in [0.15, 0.2) is 11.4 Å². The Morgan fingerprint density at radius 2 is 2.55 bits per heavy atom. The van der Waals surface area contributed by atoms with Gasteiger partial charge in [0.1, 0.15) is 5.69 Å². The maximum absolute atomic E-state index is 11.2. The van der Waals surface area contributed by atoms with Crippen molar-refractivity contribution in [3.8, 4) is 0 Å². The molecule has 0 saturated heterocycles. The van der Waals surface area contributed by atoms with E-state index >= 15 is 0 Å². The molecule has 0 fully saturated rings. The maximum Gasteiger partial charge on any atom is 0.296 e. The normalized spacial score (nSPS) is 9.64. The summed E-state index contributed by atoms with van der Waals surface area (Å²) in [5, 5.41) is 2.88. The molecule has 1 aromatic rings. The highest BCUT2D eigenvalue weighted by atomic mass is 32.1. The van der Waals surface area contributed by atoms with Gasteiger partial charge in [0.2, 0.25) is 0 Å². The van der Waals surface area contributed by atoms with Gasteiger partial charge in [0.15, 0.2) is 0 Å². The van der Waals surface area contributed by atoms with Crippen molar-refractivity contribution in [2.75, 3.05) is 14.2 Å². The van der Waals surface area contributed by atoms with Gasteiger partial charge in [-0.25, -0.2) is 5.06 Å². The van der Waals surface area contributed by atoms with Gasteiger partial charge in [-0.05, 0) is 17.6 Å². The van der Waals surface area contributed by atoms with Crippen LogP contribution < -0.4 is 0 Å². The lowest BCUT2D eigenvalue weighted by Gasteiger charge is -2.10.